The van der Waals surface area contributed by atoms with Crippen LogP contribution in [0.2, 0.25) is 0 Å². The summed E-state index contributed by atoms with van der Waals surface area (Å²) in [6.45, 7) is 4.24. The molecule has 0 fully saturated rings. The molecule has 0 radical (unpaired) electrons. The Bertz CT molecular complexity index is 763. The van der Waals surface area contributed by atoms with Crippen LogP contribution in [0.25, 0.3) is 0 Å². The van der Waals surface area contributed by atoms with Gasteiger partial charge in [0.15, 0.2) is 14.7 Å². The summed E-state index contributed by atoms with van der Waals surface area (Å²) in [5.41, 5.74) is 0. The maximum Gasteiger partial charge on any atom is 0.166 e. The molecule has 3 aromatic rings. The number of rotatable bonds is 6. The number of carboxylic acid groups (broad SMARTS) is 1. The minimum atomic E-state index is -0.995. The second kappa shape index (κ2) is 11.1. The summed E-state index contributed by atoms with van der Waals surface area (Å²) in [4.78, 5) is 13.2. The number of ether oxygens (including phenoxy) is 1. The van der Waals surface area contributed by atoms with Crippen molar-refractivity contribution < 1.29 is 14.6 Å². The van der Waals surface area contributed by atoms with Gasteiger partial charge in [-0.25, -0.2) is 0 Å². The molecule has 0 N–H and O–H groups in total. The molecule has 0 saturated heterocycles. The van der Waals surface area contributed by atoms with Crippen molar-refractivity contribution in [1.29, 1.82) is 0 Å². The number of hydrogen-bond donors (Lipinski definition) is 0. The van der Waals surface area contributed by atoms with Gasteiger partial charge in [0.05, 0.1) is 17.5 Å². The maximum atomic E-state index is 9.26. The van der Waals surface area contributed by atoms with Gasteiger partial charge in [-0.2, -0.15) is 0 Å². The summed E-state index contributed by atoms with van der Waals surface area (Å²) in [6.07, 6.45) is 0.111. The van der Waals surface area contributed by atoms with Crippen LogP contribution in [0.15, 0.2) is 99.6 Å². The van der Waals surface area contributed by atoms with Gasteiger partial charge in [0.2, 0.25) is 0 Å². The van der Waals surface area contributed by atoms with Gasteiger partial charge < -0.3 is 14.6 Å². The van der Waals surface area contributed by atoms with Crippen LogP contribution in [0.1, 0.15) is 20.3 Å². The van der Waals surface area contributed by atoms with Crippen molar-refractivity contribution in [2.24, 2.45) is 0 Å². The number of hydrogen-bond acceptors (Lipinski definition) is 3. The third-order valence-corrected chi connectivity index (χ3v) is 5.85. The first-order valence-corrected chi connectivity index (χ1v) is 10.1. The Morgan fingerprint density at radius 3 is 1.56 bits per heavy atom. The second-order valence-electron chi connectivity index (χ2n) is 5.56. The molecular weight excluding hydrogens is 356 g/mol. The minimum absolute atomic E-state index is 0.0824. The Kier molecular flexibility index (Phi) is 8.46. The van der Waals surface area contributed by atoms with E-state index >= 15 is 0 Å². The zero-order chi connectivity index (χ0) is 19.5. The molecule has 4 heteroatoms. The Morgan fingerprint density at radius 2 is 1.19 bits per heavy atom. The van der Waals surface area contributed by atoms with Crippen molar-refractivity contribution in [1.82, 2.24) is 0 Å². The van der Waals surface area contributed by atoms with Crippen LogP contribution < -0.4 is 9.84 Å². The second-order valence-corrected chi connectivity index (χ2v) is 7.59. The number of carbonyl (C=O) groups excluding carboxylic acids is 1. The van der Waals surface area contributed by atoms with Crippen molar-refractivity contribution in [3.8, 4) is 5.75 Å². The van der Waals surface area contributed by atoms with E-state index < -0.39 is 5.97 Å². The molecule has 0 spiro atoms. The molecule has 0 atom stereocenters. The predicted octanol–water partition coefficient (Wildman–Crippen LogP) is 4.33. The lowest BCUT2D eigenvalue weighted by atomic mass is 10.3. The van der Waals surface area contributed by atoms with Crippen molar-refractivity contribution in [2.45, 2.75) is 35.0 Å². The Labute approximate surface area is 164 Å². The smallest absolute Gasteiger partial charge is 0.166 e. The quantitative estimate of drug-likeness (QED) is 0.598. The molecule has 0 saturated carbocycles. The van der Waals surface area contributed by atoms with Gasteiger partial charge in [0, 0.05) is 5.97 Å². The summed E-state index contributed by atoms with van der Waals surface area (Å²) in [7, 11) is -0.0824. The largest absolute Gasteiger partial charge is 0.550 e. The van der Waals surface area contributed by atoms with E-state index in [0.717, 1.165) is 5.75 Å². The lowest BCUT2D eigenvalue weighted by Gasteiger charge is -2.08. The third kappa shape index (κ3) is 6.50. The number of aliphatic carboxylic acids is 1. The van der Waals surface area contributed by atoms with Crippen molar-refractivity contribution in [3.05, 3.63) is 84.9 Å². The van der Waals surface area contributed by atoms with Crippen molar-refractivity contribution in [3.63, 3.8) is 0 Å². The monoisotopic (exact) mass is 380 g/mol. The molecule has 0 heterocycles. The first-order valence-electron chi connectivity index (χ1n) is 8.92. The molecule has 0 aliphatic heterocycles. The number of benzene rings is 3. The van der Waals surface area contributed by atoms with E-state index in [-0.39, 0.29) is 17.3 Å². The zero-order valence-electron chi connectivity index (χ0n) is 15.6. The van der Waals surface area contributed by atoms with Gasteiger partial charge in [-0.15, -0.1) is 0 Å². The number of carbonyl (C=O) groups is 1. The highest BCUT2D eigenvalue weighted by atomic mass is 32.2. The molecule has 0 aromatic heterocycles. The third-order valence-electron chi connectivity index (χ3n) is 3.62. The highest BCUT2D eigenvalue weighted by Crippen LogP contribution is 2.31. The van der Waals surface area contributed by atoms with Crippen LogP contribution in [0.3, 0.4) is 0 Å². The van der Waals surface area contributed by atoms with Gasteiger partial charge in [-0.3, -0.25) is 0 Å². The summed E-state index contributed by atoms with van der Waals surface area (Å²) >= 11 is 0. The first kappa shape index (κ1) is 20.6. The molecule has 27 heavy (non-hydrogen) atoms. The molecule has 3 aromatic carbocycles. The molecule has 0 aliphatic carbocycles. The van der Waals surface area contributed by atoms with Gasteiger partial charge in [-0.1, -0.05) is 43.3 Å². The standard InChI is InChI=1S/C20H19OS.C3H6O2/c1-2-21-17-13-15-20(16-14-17)22(18-9-5-3-6-10-18)19-11-7-4-8-12-19;1-2-3(4)5/h3-16H,2H2,1H3;2H2,1H3,(H,4,5)/q+1;/p-1. The average molecular weight is 381 g/mol. The summed E-state index contributed by atoms with van der Waals surface area (Å²) in [5.74, 6) is -0.0686. The molecule has 0 bridgehead atoms. The summed E-state index contributed by atoms with van der Waals surface area (Å²) in [5, 5.41) is 9.26. The SMILES string of the molecule is CCC(=O)[O-].CCOc1ccc([S+](c2ccccc2)c2ccccc2)cc1. The van der Waals surface area contributed by atoms with E-state index in [9.17, 15) is 9.90 Å². The maximum absolute atomic E-state index is 9.26. The van der Waals surface area contributed by atoms with E-state index in [1.54, 1.807) is 0 Å². The fraction of sp³-hybridized carbons (Fsp3) is 0.174. The average Bonchev–Trinajstić information content (AvgIpc) is 2.72. The van der Waals surface area contributed by atoms with Crippen LogP contribution in [-0.4, -0.2) is 12.6 Å². The van der Waals surface area contributed by atoms with Gasteiger partial charge in [-0.05, 0) is 61.9 Å². The van der Waals surface area contributed by atoms with Gasteiger partial charge in [0.25, 0.3) is 0 Å². The van der Waals surface area contributed by atoms with Crippen LogP contribution in [0.5, 0.6) is 5.75 Å². The van der Waals surface area contributed by atoms with Crippen molar-refractivity contribution in [2.75, 3.05) is 6.61 Å². The van der Waals surface area contributed by atoms with Crippen LogP contribution in [0.4, 0.5) is 0 Å². The predicted molar refractivity (Wildman–Crippen MR) is 108 cm³/mol. The topological polar surface area (TPSA) is 49.4 Å². The Balaban J connectivity index is 0.000000465. The van der Waals surface area contributed by atoms with Crippen molar-refractivity contribution >= 4 is 16.9 Å². The summed E-state index contributed by atoms with van der Waals surface area (Å²) in [6, 6.07) is 29.8. The fourth-order valence-electron chi connectivity index (χ4n) is 2.36. The molecule has 0 aliphatic rings. The van der Waals surface area contributed by atoms with E-state index in [4.69, 9.17) is 4.74 Å². The molecular formula is C23H24O3S. The Morgan fingerprint density at radius 1 is 0.778 bits per heavy atom. The highest BCUT2D eigenvalue weighted by molar-refractivity contribution is 7.97. The zero-order valence-corrected chi connectivity index (χ0v) is 16.4. The number of carboxylic acids is 1. The molecule has 3 rings (SSSR count). The molecule has 0 unspecified atom stereocenters. The molecule has 140 valence electrons. The first-order chi connectivity index (χ1) is 13.2. The van der Waals surface area contributed by atoms with E-state index in [2.05, 4.69) is 84.9 Å². The normalized spacial score (nSPS) is 10.0. The molecule has 3 nitrogen and oxygen atoms in total. The fourth-order valence-corrected chi connectivity index (χ4v) is 4.44. The van der Waals surface area contributed by atoms with E-state index in [1.165, 1.54) is 21.6 Å². The van der Waals surface area contributed by atoms with Crippen LogP contribution in [0, 0.1) is 0 Å². The molecule has 0 amide bonds. The Hall–Kier alpha value is -2.72. The summed E-state index contributed by atoms with van der Waals surface area (Å²) < 4.78 is 5.56. The van der Waals surface area contributed by atoms with E-state index in [1.807, 2.05) is 6.92 Å². The van der Waals surface area contributed by atoms with Crippen LogP contribution >= 0.6 is 0 Å². The van der Waals surface area contributed by atoms with Gasteiger partial charge >= 0.3 is 0 Å². The lowest BCUT2D eigenvalue weighted by molar-refractivity contribution is -0.305. The van der Waals surface area contributed by atoms with Gasteiger partial charge in [0.1, 0.15) is 5.75 Å². The highest BCUT2D eigenvalue weighted by Gasteiger charge is 2.27. The van der Waals surface area contributed by atoms with Crippen LogP contribution in [-0.2, 0) is 15.7 Å². The minimum Gasteiger partial charge on any atom is -0.550 e. The lowest BCUT2D eigenvalue weighted by Crippen LogP contribution is -2.19. The van der Waals surface area contributed by atoms with E-state index in [0.29, 0.717) is 6.61 Å².